The minimum atomic E-state index is -0.653. The van der Waals surface area contributed by atoms with Crippen molar-refractivity contribution in [3.8, 4) is 0 Å². The highest BCUT2D eigenvalue weighted by Crippen LogP contribution is 2.18. The Kier molecular flexibility index (Phi) is 3.34. The molecule has 1 amide bonds. The van der Waals surface area contributed by atoms with Gasteiger partial charge in [-0.25, -0.2) is 4.79 Å². The molecule has 0 fully saturated rings. The maximum absolute atomic E-state index is 12.1. The van der Waals surface area contributed by atoms with Gasteiger partial charge >= 0.3 is 5.69 Å². The second-order valence-electron chi connectivity index (χ2n) is 4.76. The van der Waals surface area contributed by atoms with E-state index >= 15 is 0 Å². The van der Waals surface area contributed by atoms with Crippen molar-refractivity contribution in [2.45, 2.75) is 13.3 Å². The van der Waals surface area contributed by atoms with E-state index in [1.165, 1.54) is 6.92 Å². The van der Waals surface area contributed by atoms with Crippen LogP contribution in [0.2, 0.25) is 0 Å². The van der Waals surface area contributed by atoms with E-state index < -0.39 is 17.2 Å². The topological polar surface area (TPSA) is 121 Å². The van der Waals surface area contributed by atoms with Crippen molar-refractivity contribution in [3.05, 3.63) is 56.5 Å². The number of fused-ring (bicyclic) bond motifs is 1. The molecule has 0 spiro atoms. The molecule has 0 aliphatic heterocycles. The van der Waals surface area contributed by atoms with Gasteiger partial charge < -0.3 is 14.8 Å². The second kappa shape index (κ2) is 5.32. The van der Waals surface area contributed by atoms with Gasteiger partial charge in [-0.2, -0.15) is 0 Å². The zero-order valence-electron chi connectivity index (χ0n) is 11.6. The minimum absolute atomic E-state index is 0.0115. The van der Waals surface area contributed by atoms with Gasteiger partial charge in [-0.1, -0.05) is 17.3 Å². The quantitative estimate of drug-likeness (QED) is 0.657. The Bertz CT molecular complexity index is 967. The maximum atomic E-state index is 12.1. The molecule has 0 radical (unpaired) electrons. The fourth-order valence-electron chi connectivity index (χ4n) is 2.15. The van der Waals surface area contributed by atoms with E-state index in [1.807, 2.05) is 6.07 Å². The molecule has 0 saturated carbocycles. The Morgan fingerprint density at radius 1 is 1.27 bits per heavy atom. The molecule has 0 atom stereocenters. The number of anilines is 1. The summed E-state index contributed by atoms with van der Waals surface area (Å²) in [6, 6.07) is 7.17. The summed E-state index contributed by atoms with van der Waals surface area (Å²) in [5, 5.41) is 7.07. The lowest BCUT2D eigenvalue weighted by atomic mass is 10.1. The van der Waals surface area contributed by atoms with Crippen molar-refractivity contribution >= 4 is 22.6 Å². The Hall–Kier alpha value is -3.16. The molecule has 0 bridgehead atoms. The van der Waals surface area contributed by atoms with Gasteiger partial charge in [-0.3, -0.25) is 14.6 Å². The van der Waals surface area contributed by atoms with Crippen LogP contribution < -0.4 is 16.6 Å². The van der Waals surface area contributed by atoms with Gasteiger partial charge in [0.1, 0.15) is 11.4 Å². The van der Waals surface area contributed by atoms with Crippen molar-refractivity contribution in [1.29, 1.82) is 0 Å². The van der Waals surface area contributed by atoms with Crippen LogP contribution in [0.4, 0.5) is 5.69 Å². The third kappa shape index (κ3) is 2.53. The number of hydrogen-bond donors (Lipinski definition) is 3. The molecule has 0 saturated heterocycles. The van der Waals surface area contributed by atoms with Gasteiger partial charge in [0, 0.05) is 11.1 Å². The second-order valence-corrected chi connectivity index (χ2v) is 4.76. The predicted octanol–water partition coefficient (Wildman–Crippen LogP) is 0.694. The van der Waals surface area contributed by atoms with Crippen molar-refractivity contribution in [2.75, 3.05) is 5.32 Å². The SMILES string of the molecule is Cc1[nH]c(=O)[nH]c(=O)c1NC(=O)Cc1noc2ccccc12. The summed E-state index contributed by atoms with van der Waals surface area (Å²) in [6.45, 7) is 1.53. The first-order valence-electron chi connectivity index (χ1n) is 6.51. The fourth-order valence-corrected chi connectivity index (χ4v) is 2.15. The Balaban J connectivity index is 1.84. The largest absolute Gasteiger partial charge is 0.356 e. The normalized spacial score (nSPS) is 10.8. The number of carbonyl (C=O) groups is 1. The zero-order valence-corrected chi connectivity index (χ0v) is 11.6. The van der Waals surface area contributed by atoms with E-state index in [2.05, 4.69) is 20.4 Å². The third-order valence-electron chi connectivity index (χ3n) is 3.17. The summed E-state index contributed by atoms with van der Waals surface area (Å²) in [7, 11) is 0. The number of amides is 1. The van der Waals surface area contributed by atoms with Crippen LogP contribution in [0.15, 0.2) is 38.4 Å². The number of benzene rings is 1. The van der Waals surface area contributed by atoms with Crippen molar-refractivity contribution in [2.24, 2.45) is 0 Å². The van der Waals surface area contributed by atoms with Crippen LogP contribution in [0.5, 0.6) is 0 Å². The van der Waals surface area contributed by atoms with Gasteiger partial charge in [-0.15, -0.1) is 0 Å². The summed E-state index contributed by atoms with van der Waals surface area (Å²) in [5.74, 6) is -0.431. The number of rotatable bonds is 3. The molecule has 3 N–H and O–H groups in total. The summed E-state index contributed by atoms with van der Waals surface area (Å²) in [4.78, 5) is 39.3. The van der Waals surface area contributed by atoms with Gasteiger partial charge in [0.05, 0.1) is 6.42 Å². The molecule has 3 aromatic rings. The van der Waals surface area contributed by atoms with Crippen LogP contribution in [0.25, 0.3) is 11.0 Å². The number of nitrogens with one attached hydrogen (secondary N) is 3. The van der Waals surface area contributed by atoms with E-state index in [0.29, 0.717) is 11.3 Å². The summed E-state index contributed by atoms with van der Waals surface area (Å²) in [5.41, 5.74) is 0.0853. The predicted molar refractivity (Wildman–Crippen MR) is 78.8 cm³/mol. The number of aromatic amines is 2. The first kappa shape index (κ1) is 13.8. The standard InChI is InChI=1S/C14H12N4O4/c1-7-12(13(20)17-14(21)15-7)16-11(19)6-9-8-4-2-3-5-10(8)22-18-9/h2-5H,6H2,1H3,(H,16,19)(H2,15,17,20,21). The Labute approximate surface area is 123 Å². The number of nitrogens with zero attached hydrogens (tertiary/aromatic N) is 1. The van der Waals surface area contributed by atoms with Gasteiger partial charge in [-0.05, 0) is 19.1 Å². The van der Waals surface area contributed by atoms with E-state index in [-0.39, 0.29) is 17.8 Å². The van der Waals surface area contributed by atoms with Crippen LogP contribution in [0.3, 0.4) is 0 Å². The van der Waals surface area contributed by atoms with Crippen molar-refractivity contribution in [3.63, 3.8) is 0 Å². The summed E-state index contributed by atoms with van der Waals surface area (Å²) < 4.78 is 5.12. The highest BCUT2D eigenvalue weighted by atomic mass is 16.5. The summed E-state index contributed by atoms with van der Waals surface area (Å²) in [6.07, 6.45) is -0.0466. The molecule has 1 aromatic carbocycles. The lowest BCUT2D eigenvalue weighted by Gasteiger charge is -2.05. The molecule has 3 rings (SSSR count). The molecule has 0 aliphatic rings. The molecule has 2 heterocycles. The molecule has 112 valence electrons. The number of para-hydroxylation sites is 1. The Morgan fingerprint density at radius 2 is 2.05 bits per heavy atom. The van der Waals surface area contributed by atoms with Gasteiger partial charge in [0.2, 0.25) is 5.91 Å². The van der Waals surface area contributed by atoms with E-state index in [4.69, 9.17) is 4.52 Å². The first-order valence-corrected chi connectivity index (χ1v) is 6.51. The molecule has 8 heteroatoms. The number of H-pyrrole nitrogens is 2. The lowest BCUT2D eigenvalue weighted by molar-refractivity contribution is -0.115. The molecule has 0 unspecified atom stereocenters. The van der Waals surface area contributed by atoms with Crippen LogP contribution in [0.1, 0.15) is 11.4 Å². The van der Waals surface area contributed by atoms with Crippen LogP contribution in [-0.4, -0.2) is 21.0 Å². The summed E-state index contributed by atoms with van der Waals surface area (Å²) >= 11 is 0. The van der Waals surface area contributed by atoms with Crippen molar-refractivity contribution in [1.82, 2.24) is 15.1 Å². The van der Waals surface area contributed by atoms with Gasteiger partial charge in [0.25, 0.3) is 5.56 Å². The van der Waals surface area contributed by atoms with Crippen LogP contribution in [0, 0.1) is 6.92 Å². The van der Waals surface area contributed by atoms with Crippen LogP contribution in [-0.2, 0) is 11.2 Å². The molecular weight excluding hydrogens is 288 g/mol. The molecule has 8 nitrogen and oxygen atoms in total. The Morgan fingerprint density at radius 3 is 2.82 bits per heavy atom. The molecule has 2 aromatic heterocycles. The minimum Gasteiger partial charge on any atom is -0.356 e. The number of aromatic nitrogens is 3. The number of aryl methyl sites for hydroxylation is 1. The molecular formula is C14H12N4O4. The average molecular weight is 300 g/mol. The lowest BCUT2D eigenvalue weighted by Crippen LogP contribution is -2.29. The molecule has 22 heavy (non-hydrogen) atoms. The first-order chi connectivity index (χ1) is 10.5. The smallest absolute Gasteiger partial charge is 0.326 e. The highest BCUT2D eigenvalue weighted by molar-refractivity contribution is 5.94. The zero-order chi connectivity index (χ0) is 15.7. The van der Waals surface area contributed by atoms with Crippen LogP contribution >= 0.6 is 0 Å². The number of hydrogen-bond acceptors (Lipinski definition) is 5. The molecule has 0 aliphatic carbocycles. The van der Waals surface area contributed by atoms with Gasteiger partial charge in [0.15, 0.2) is 5.58 Å². The van der Waals surface area contributed by atoms with E-state index in [9.17, 15) is 14.4 Å². The maximum Gasteiger partial charge on any atom is 0.326 e. The monoisotopic (exact) mass is 300 g/mol. The van der Waals surface area contributed by atoms with E-state index in [1.54, 1.807) is 18.2 Å². The third-order valence-corrected chi connectivity index (χ3v) is 3.17. The highest BCUT2D eigenvalue weighted by Gasteiger charge is 2.14. The average Bonchev–Trinajstić information content (AvgIpc) is 2.86. The fraction of sp³-hybridized carbons (Fsp3) is 0.143. The van der Waals surface area contributed by atoms with E-state index in [0.717, 1.165) is 5.39 Å². The number of carbonyl (C=O) groups excluding carboxylic acids is 1. The van der Waals surface area contributed by atoms with Crippen molar-refractivity contribution < 1.29 is 9.32 Å².